The van der Waals surface area contributed by atoms with Gasteiger partial charge in [-0.1, -0.05) is 0 Å². The van der Waals surface area contributed by atoms with Crippen LogP contribution in [0, 0.1) is 0 Å². The van der Waals surface area contributed by atoms with Gasteiger partial charge in [0.2, 0.25) is 10.0 Å². The lowest BCUT2D eigenvalue weighted by Gasteiger charge is -2.08. The summed E-state index contributed by atoms with van der Waals surface area (Å²) in [6.07, 6.45) is 1.29. The Kier molecular flexibility index (Phi) is 2.69. The van der Waals surface area contributed by atoms with Crippen LogP contribution in [0.1, 0.15) is 13.8 Å². The van der Waals surface area contributed by atoms with Crippen LogP contribution < -0.4 is 4.72 Å². The van der Waals surface area contributed by atoms with E-state index in [4.69, 9.17) is 4.42 Å². The molecule has 2 rings (SSSR count). The van der Waals surface area contributed by atoms with Gasteiger partial charge in [-0.3, -0.25) is 0 Å². The van der Waals surface area contributed by atoms with Crippen molar-refractivity contribution < 1.29 is 12.8 Å². The summed E-state index contributed by atoms with van der Waals surface area (Å²) in [4.78, 5) is 4.11. The van der Waals surface area contributed by atoms with E-state index in [9.17, 15) is 8.42 Å². The minimum absolute atomic E-state index is 0.143. The topological polar surface area (TPSA) is 72.2 Å². The lowest BCUT2D eigenvalue weighted by atomic mass is 10.3. The summed E-state index contributed by atoms with van der Waals surface area (Å²) in [5, 5.41) is 0. The molecule has 0 radical (unpaired) electrons. The Morgan fingerprint density at radius 3 is 2.81 bits per heavy atom. The van der Waals surface area contributed by atoms with Crippen molar-refractivity contribution in [1.29, 1.82) is 0 Å². The molecule has 0 spiro atoms. The zero-order valence-electron chi connectivity index (χ0n) is 8.97. The molecule has 5 nitrogen and oxygen atoms in total. The standard InChI is InChI=1S/C10H12N2O3S/c1-7(2)12-16(13,14)8-3-4-9-10(5-8)15-6-11-9/h3-7,12H,1-2H3. The van der Waals surface area contributed by atoms with E-state index in [1.807, 2.05) is 0 Å². The second kappa shape index (κ2) is 3.88. The molecule has 1 N–H and O–H groups in total. The molecule has 0 saturated carbocycles. The first-order valence-electron chi connectivity index (χ1n) is 4.84. The van der Waals surface area contributed by atoms with Gasteiger partial charge in [0.25, 0.3) is 0 Å². The van der Waals surface area contributed by atoms with E-state index in [0.717, 1.165) is 0 Å². The molecule has 0 bridgehead atoms. The van der Waals surface area contributed by atoms with Crippen LogP contribution in [0.2, 0.25) is 0 Å². The summed E-state index contributed by atoms with van der Waals surface area (Å²) in [6, 6.07) is 4.45. The van der Waals surface area contributed by atoms with Crippen molar-refractivity contribution in [2.24, 2.45) is 0 Å². The fourth-order valence-electron chi connectivity index (χ4n) is 1.38. The number of oxazole rings is 1. The first-order chi connectivity index (χ1) is 7.49. The summed E-state index contributed by atoms with van der Waals surface area (Å²) in [7, 11) is -3.47. The van der Waals surface area contributed by atoms with Gasteiger partial charge in [-0.2, -0.15) is 0 Å². The molecule has 0 aliphatic heterocycles. The molecule has 86 valence electrons. The fraction of sp³-hybridized carbons (Fsp3) is 0.300. The Bertz CT molecular complexity index is 601. The maximum atomic E-state index is 11.8. The molecule has 16 heavy (non-hydrogen) atoms. The number of fused-ring (bicyclic) bond motifs is 1. The summed E-state index contributed by atoms with van der Waals surface area (Å²) in [5.41, 5.74) is 1.11. The molecule has 0 aliphatic carbocycles. The Labute approximate surface area is 93.5 Å². The monoisotopic (exact) mass is 240 g/mol. The number of hydrogen-bond acceptors (Lipinski definition) is 4. The summed E-state index contributed by atoms with van der Waals surface area (Å²) in [5.74, 6) is 0. The number of sulfonamides is 1. The predicted octanol–water partition coefficient (Wildman–Crippen LogP) is 1.51. The number of aromatic nitrogens is 1. The van der Waals surface area contributed by atoms with Gasteiger partial charge in [0.1, 0.15) is 5.52 Å². The van der Waals surface area contributed by atoms with Gasteiger partial charge in [0, 0.05) is 12.1 Å². The molecule has 0 aliphatic rings. The summed E-state index contributed by atoms with van der Waals surface area (Å²) in [6.45, 7) is 3.54. The van der Waals surface area contributed by atoms with E-state index in [1.165, 1.54) is 18.5 Å². The number of nitrogens with zero attached hydrogens (tertiary/aromatic N) is 1. The first-order valence-corrected chi connectivity index (χ1v) is 6.33. The molecule has 0 saturated heterocycles. The highest BCUT2D eigenvalue weighted by Gasteiger charge is 2.16. The van der Waals surface area contributed by atoms with Gasteiger partial charge in [-0.25, -0.2) is 18.1 Å². The Morgan fingerprint density at radius 2 is 2.12 bits per heavy atom. The highest BCUT2D eigenvalue weighted by atomic mass is 32.2. The van der Waals surface area contributed by atoms with Gasteiger partial charge >= 0.3 is 0 Å². The van der Waals surface area contributed by atoms with Gasteiger partial charge in [-0.05, 0) is 26.0 Å². The molecular formula is C10H12N2O3S. The zero-order chi connectivity index (χ0) is 11.8. The molecule has 6 heteroatoms. The lowest BCUT2D eigenvalue weighted by molar-refractivity contribution is 0.568. The van der Waals surface area contributed by atoms with Crippen LogP contribution in [0.15, 0.2) is 33.9 Å². The maximum Gasteiger partial charge on any atom is 0.240 e. The van der Waals surface area contributed by atoms with Crippen LogP contribution >= 0.6 is 0 Å². The molecule has 0 amide bonds. The van der Waals surface area contributed by atoms with E-state index in [2.05, 4.69) is 9.71 Å². The number of rotatable bonds is 3. The molecular weight excluding hydrogens is 228 g/mol. The van der Waals surface area contributed by atoms with Crippen molar-refractivity contribution in [3.63, 3.8) is 0 Å². The van der Waals surface area contributed by atoms with Gasteiger partial charge in [0.15, 0.2) is 12.0 Å². The summed E-state index contributed by atoms with van der Waals surface area (Å²) < 4.78 is 31.2. The van der Waals surface area contributed by atoms with Crippen LogP contribution in [0.25, 0.3) is 11.1 Å². The molecule has 1 aromatic carbocycles. The van der Waals surface area contributed by atoms with E-state index in [-0.39, 0.29) is 10.9 Å². The predicted molar refractivity (Wildman–Crippen MR) is 59.5 cm³/mol. The van der Waals surface area contributed by atoms with Crippen LogP contribution in [0.3, 0.4) is 0 Å². The Hall–Kier alpha value is -1.40. The average molecular weight is 240 g/mol. The number of nitrogens with one attached hydrogen (secondary N) is 1. The Balaban J connectivity index is 2.46. The van der Waals surface area contributed by atoms with Crippen molar-refractivity contribution in [3.8, 4) is 0 Å². The molecule has 1 heterocycles. The molecule has 2 aromatic rings. The van der Waals surface area contributed by atoms with Crippen molar-refractivity contribution in [2.75, 3.05) is 0 Å². The second-order valence-electron chi connectivity index (χ2n) is 3.76. The molecule has 0 unspecified atom stereocenters. The quantitative estimate of drug-likeness (QED) is 0.882. The van der Waals surface area contributed by atoms with Gasteiger partial charge in [-0.15, -0.1) is 0 Å². The zero-order valence-corrected chi connectivity index (χ0v) is 9.78. The van der Waals surface area contributed by atoms with E-state index >= 15 is 0 Å². The van der Waals surface area contributed by atoms with Gasteiger partial charge < -0.3 is 4.42 Å². The highest BCUT2D eigenvalue weighted by Crippen LogP contribution is 2.17. The van der Waals surface area contributed by atoms with Gasteiger partial charge in [0.05, 0.1) is 4.90 Å². The SMILES string of the molecule is CC(C)NS(=O)(=O)c1ccc2ncoc2c1. The number of benzene rings is 1. The maximum absolute atomic E-state index is 11.8. The smallest absolute Gasteiger partial charge is 0.240 e. The first kappa shape index (κ1) is 11.1. The van der Waals surface area contributed by atoms with Crippen LogP contribution in [0.5, 0.6) is 0 Å². The van der Waals surface area contributed by atoms with Crippen molar-refractivity contribution >= 4 is 21.1 Å². The van der Waals surface area contributed by atoms with Crippen molar-refractivity contribution in [2.45, 2.75) is 24.8 Å². The Morgan fingerprint density at radius 1 is 1.38 bits per heavy atom. The molecule has 0 atom stereocenters. The number of hydrogen-bond donors (Lipinski definition) is 1. The van der Waals surface area contributed by atoms with E-state index in [1.54, 1.807) is 19.9 Å². The van der Waals surface area contributed by atoms with Crippen molar-refractivity contribution in [1.82, 2.24) is 9.71 Å². The van der Waals surface area contributed by atoms with Crippen molar-refractivity contribution in [3.05, 3.63) is 24.6 Å². The molecule has 1 aromatic heterocycles. The average Bonchev–Trinajstić information content (AvgIpc) is 2.61. The third-order valence-electron chi connectivity index (χ3n) is 2.00. The minimum Gasteiger partial charge on any atom is -0.443 e. The lowest BCUT2D eigenvalue weighted by Crippen LogP contribution is -2.30. The largest absolute Gasteiger partial charge is 0.443 e. The second-order valence-corrected chi connectivity index (χ2v) is 5.47. The van der Waals surface area contributed by atoms with E-state index in [0.29, 0.717) is 11.1 Å². The third-order valence-corrected chi connectivity index (χ3v) is 3.66. The summed E-state index contributed by atoms with van der Waals surface area (Å²) >= 11 is 0. The third kappa shape index (κ3) is 2.07. The van der Waals surface area contributed by atoms with Crippen LogP contribution in [-0.4, -0.2) is 19.4 Å². The minimum atomic E-state index is -3.47. The highest BCUT2D eigenvalue weighted by molar-refractivity contribution is 7.89. The molecule has 0 fully saturated rings. The normalized spacial score (nSPS) is 12.4. The van der Waals surface area contributed by atoms with Crippen LogP contribution in [-0.2, 0) is 10.0 Å². The van der Waals surface area contributed by atoms with Crippen LogP contribution in [0.4, 0.5) is 0 Å². The van der Waals surface area contributed by atoms with E-state index < -0.39 is 10.0 Å². The fourth-order valence-corrected chi connectivity index (χ4v) is 2.65.